The molecule has 0 spiro atoms. The molecule has 2 unspecified atom stereocenters. The second-order valence-electron chi connectivity index (χ2n) is 3.48. The van der Waals surface area contributed by atoms with E-state index in [1.165, 1.54) is 6.42 Å². The Morgan fingerprint density at radius 1 is 1.67 bits per heavy atom. The van der Waals surface area contributed by atoms with Crippen LogP contribution in [0.4, 0.5) is 0 Å². The van der Waals surface area contributed by atoms with Crippen LogP contribution in [-0.2, 0) is 9.47 Å². The molecule has 1 fully saturated rings. The Morgan fingerprint density at radius 2 is 2.50 bits per heavy atom. The van der Waals surface area contributed by atoms with E-state index >= 15 is 0 Å². The van der Waals surface area contributed by atoms with E-state index in [2.05, 4.69) is 0 Å². The second kappa shape index (κ2) is 5.51. The molecule has 0 aromatic carbocycles. The van der Waals surface area contributed by atoms with Crippen molar-refractivity contribution >= 4 is 0 Å². The van der Waals surface area contributed by atoms with Crippen LogP contribution >= 0.6 is 0 Å². The maximum Gasteiger partial charge on any atom is 0.0809 e. The summed E-state index contributed by atoms with van der Waals surface area (Å²) in [6.07, 6.45) is 3.62. The fourth-order valence-electron chi connectivity index (χ4n) is 1.26. The minimum absolute atomic E-state index is 0.245. The van der Waals surface area contributed by atoms with Gasteiger partial charge in [0.2, 0.25) is 0 Å². The zero-order valence-corrected chi connectivity index (χ0v) is 7.79. The van der Waals surface area contributed by atoms with Crippen LogP contribution < -0.4 is 5.73 Å². The van der Waals surface area contributed by atoms with Gasteiger partial charge < -0.3 is 15.2 Å². The van der Waals surface area contributed by atoms with Crippen LogP contribution in [0.3, 0.4) is 0 Å². The lowest BCUT2D eigenvalue weighted by Crippen LogP contribution is -2.20. The van der Waals surface area contributed by atoms with Crippen LogP contribution in [0.15, 0.2) is 0 Å². The van der Waals surface area contributed by atoms with Crippen molar-refractivity contribution in [3.05, 3.63) is 0 Å². The fourth-order valence-corrected chi connectivity index (χ4v) is 1.26. The molecule has 0 saturated carbocycles. The molecule has 0 radical (unpaired) electrons. The van der Waals surface area contributed by atoms with Crippen LogP contribution in [0.2, 0.25) is 0 Å². The quantitative estimate of drug-likeness (QED) is 0.629. The van der Waals surface area contributed by atoms with E-state index in [1.807, 2.05) is 6.92 Å². The van der Waals surface area contributed by atoms with Gasteiger partial charge in [0.15, 0.2) is 0 Å². The second-order valence-corrected chi connectivity index (χ2v) is 3.48. The monoisotopic (exact) mass is 173 g/mol. The SMILES string of the molecule is CC(N)CCOCC1CCCO1. The Kier molecular flexibility index (Phi) is 4.58. The van der Waals surface area contributed by atoms with Crippen molar-refractivity contribution in [2.24, 2.45) is 5.73 Å². The zero-order chi connectivity index (χ0) is 8.81. The minimum atomic E-state index is 0.245. The largest absolute Gasteiger partial charge is 0.379 e. The lowest BCUT2D eigenvalue weighted by atomic mass is 10.2. The first-order valence-corrected chi connectivity index (χ1v) is 4.74. The third-order valence-electron chi connectivity index (χ3n) is 2.05. The lowest BCUT2D eigenvalue weighted by molar-refractivity contribution is 0.0156. The number of hydrogen-bond acceptors (Lipinski definition) is 3. The van der Waals surface area contributed by atoms with E-state index in [4.69, 9.17) is 15.2 Å². The van der Waals surface area contributed by atoms with E-state index in [0.717, 1.165) is 32.7 Å². The summed E-state index contributed by atoms with van der Waals surface area (Å²) < 4.78 is 10.8. The molecule has 0 aromatic rings. The van der Waals surface area contributed by atoms with E-state index in [0.29, 0.717) is 6.10 Å². The van der Waals surface area contributed by atoms with Gasteiger partial charge in [-0.05, 0) is 26.2 Å². The molecule has 0 aromatic heterocycles. The van der Waals surface area contributed by atoms with Gasteiger partial charge in [0.05, 0.1) is 12.7 Å². The average molecular weight is 173 g/mol. The van der Waals surface area contributed by atoms with Gasteiger partial charge in [-0.15, -0.1) is 0 Å². The Balaban J connectivity index is 1.88. The third-order valence-corrected chi connectivity index (χ3v) is 2.05. The van der Waals surface area contributed by atoms with Crippen molar-refractivity contribution < 1.29 is 9.47 Å². The Bertz CT molecular complexity index is 111. The van der Waals surface area contributed by atoms with Gasteiger partial charge in [-0.3, -0.25) is 0 Å². The van der Waals surface area contributed by atoms with Gasteiger partial charge in [0, 0.05) is 19.3 Å². The molecule has 3 heteroatoms. The van der Waals surface area contributed by atoms with Crippen molar-refractivity contribution in [2.75, 3.05) is 19.8 Å². The Labute approximate surface area is 74.2 Å². The minimum Gasteiger partial charge on any atom is -0.379 e. The molecule has 0 aliphatic carbocycles. The van der Waals surface area contributed by atoms with E-state index in [9.17, 15) is 0 Å². The highest BCUT2D eigenvalue weighted by atomic mass is 16.5. The molecule has 2 atom stereocenters. The summed E-state index contributed by atoms with van der Waals surface area (Å²) in [4.78, 5) is 0. The van der Waals surface area contributed by atoms with Crippen LogP contribution in [0.5, 0.6) is 0 Å². The molecule has 12 heavy (non-hydrogen) atoms. The van der Waals surface area contributed by atoms with E-state index in [-0.39, 0.29) is 6.04 Å². The summed E-state index contributed by atoms with van der Waals surface area (Å²) in [5.41, 5.74) is 5.58. The highest BCUT2D eigenvalue weighted by Crippen LogP contribution is 2.11. The maximum atomic E-state index is 5.58. The van der Waals surface area contributed by atoms with Crippen molar-refractivity contribution in [1.29, 1.82) is 0 Å². The first-order valence-electron chi connectivity index (χ1n) is 4.74. The highest BCUT2D eigenvalue weighted by molar-refractivity contribution is 4.63. The molecule has 1 aliphatic heterocycles. The third kappa shape index (κ3) is 4.04. The summed E-state index contributed by atoms with van der Waals surface area (Å²) in [6, 6.07) is 0.245. The highest BCUT2D eigenvalue weighted by Gasteiger charge is 2.14. The smallest absolute Gasteiger partial charge is 0.0809 e. The predicted octanol–water partition coefficient (Wildman–Crippen LogP) is 0.919. The van der Waals surface area contributed by atoms with Crippen LogP contribution in [0.1, 0.15) is 26.2 Å². The fraction of sp³-hybridized carbons (Fsp3) is 1.00. The number of ether oxygens (including phenoxy) is 2. The lowest BCUT2D eigenvalue weighted by Gasteiger charge is -2.10. The molecule has 1 rings (SSSR count). The van der Waals surface area contributed by atoms with Crippen molar-refractivity contribution in [1.82, 2.24) is 0 Å². The molecule has 1 saturated heterocycles. The number of hydrogen-bond donors (Lipinski definition) is 1. The zero-order valence-electron chi connectivity index (χ0n) is 7.79. The standard InChI is InChI=1S/C9H19NO2/c1-8(10)4-6-11-7-9-3-2-5-12-9/h8-9H,2-7,10H2,1H3. The summed E-state index contributed by atoms with van der Waals surface area (Å²) >= 11 is 0. The van der Waals surface area contributed by atoms with Crippen molar-refractivity contribution in [3.8, 4) is 0 Å². The summed E-state index contributed by atoms with van der Waals surface area (Å²) in [7, 11) is 0. The summed E-state index contributed by atoms with van der Waals surface area (Å²) in [5.74, 6) is 0. The molecule has 1 heterocycles. The Morgan fingerprint density at radius 3 is 3.08 bits per heavy atom. The van der Waals surface area contributed by atoms with Crippen LogP contribution in [0.25, 0.3) is 0 Å². The normalized spacial score (nSPS) is 26.0. The van der Waals surface area contributed by atoms with E-state index in [1.54, 1.807) is 0 Å². The maximum absolute atomic E-state index is 5.58. The first-order chi connectivity index (χ1) is 5.79. The molecule has 0 bridgehead atoms. The predicted molar refractivity (Wildman–Crippen MR) is 48.1 cm³/mol. The van der Waals surface area contributed by atoms with Gasteiger partial charge in [-0.25, -0.2) is 0 Å². The van der Waals surface area contributed by atoms with Gasteiger partial charge >= 0.3 is 0 Å². The topological polar surface area (TPSA) is 44.5 Å². The average Bonchev–Trinajstić information content (AvgIpc) is 2.49. The molecule has 2 N–H and O–H groups in total. The molecule has 0 amide bonds. The number of rotatable bonds is 5. The molecule has 1 aliphatic rings. The first kappa shape index (κ1) is 9.96. The van der Waals surface area contributed by atoms with Gasteiger partial charge in [-0.1, -0.05) is 0 Å². The summed E-state index contributed by atoms with van der Waals surface area (Å²) in [5, 5.41) is 0. The number of nitrogens with two attached hydrogens (primary N) is 1. The van der Waals surface area contributed by atoms with Crippen LogP contribution in [0, 0.1) is 0 Å². The Hall–Kier alpha value is -0.120. The molecule has 3 nitrogen and oxygen atoms in total. The van der Waals surface area contributed by atoms with Gasteiger partial charge in [-0.2, -0.15) is 0 Å². The summed E-state index contributed by atoms with van der Waals surface area (Å²) in [6.45, 7) is 4.40. The molecular weight excluding hydrogens is 154 g/mol. The van der Waals surface area contributed by atoms with E-state index < -0.39 is 0 Å². The van der Waals surface area contributed by atoms with Crippen molar-refractivity contribution in [2.45, 2.75) is 38.3 Å². The van der Waals surface area contributed by atoms with Gasteiger partial charge in [0.25, 0.3) is 0 Å². The molecule has 72 valence electrons. The molecular formula is C9H19NO2. The van der Waals surface area contributed by atoms with Crippen LogP contribution in [-0.4, -0.2) is 32.0 Å². The van der Waals surface area contributed by atoms with Gasteiger partial charge in [0.1, 0.15) is 0 Å². The van der Waals surface area contributed by atoms with Crippen molar-refractivity contribution in [3.63, 3.8) is 0 Å².